The van der Waals surface area contributed by atoms with Crippen LogP contribution >= 0.6 is 11.3 Å². The molecule has 5 N–H and O–H groups in total. The second-order valence-corrected chi connectivity index (χ2v) is 7.41. The predicted octanol–water partition coefficient (Wildman–Crippen LogP) is 2.96. The molecule has 0 aliphatic carbocycles. The SMILES string of the molecule is Nc1ccc(-c2nc(NC(=O)Nc3cccc(OC[C@H]4CCCN4)n3)cs2)cn1. The highest BCUT2D eigenvalue weighted by atomic mass is 32.1. The summed E-state index contributed by atoms with van der Waals surface area (Å²) in [5.41, 5.74) is 6.43. The number of nitrogen functional groups attached to an aromatic ring is 1. The minimum atomic E-state index is -0.431. The first-order valence-electron chi connectivity index (χ1n) is 9.24. The number of urea groups is 1. The number of anilines is 3. The lowest BCUT2D eigenvalue weighted by Gasteiger charge is -2.12. The first-order chi connectivity index (χ1) is 14.2. The Morgan fingerprint density at radius 2 is 2.14 bits per heavy atom. The fourth-order valence-corrected chi connectivity index (χ4v) is 3.65. The van der Waals surface area contributed by atoms with Crippen LogP contribution in [0.2, 0.25) is 0 Å². The lowest BCUT2D eigenvalue weighted by molar-refractivity contribution is 0.261. The maximum Gasteiger partial charge on any atom is 0.326 e. The molecule has 29 heavy (non-hydrogen) atoms. The number of nitrogens with one attached hydrogen (secondary N) is 3. The van der Waals surface area contributed by atoms with Crippen molar-refractivity contribution >= 4 is 34.8 Å². The summed E-state index contributed by atoms with van der Waals surface area (Å²) < 4.78 is 5.72. The maximum absolute atomic E-state index is 12.3. The number of aromatic nitrogens is 3. The van der Waals surface area contributed by atoms with Gasteiger partial charge in [-0.15, -0.1) is 11.3 Å². The van der Waals surface area contributed by atoms with Gasteiger partial charge in [-0.2, -0.15) is 4.98 Å². The minimum Gasteiger partial charge on any atom is -0.476 e. The van der Waals surface area contributed by atoms with E-state index in [9.17, 15) is 4.79 Å². The van der Waals surface area contributed by atoms with E-state index in [1.807, 2.05) is 6.07 Å². The van der Waals surface area contributed by atoms with Gasteiger partial charge in [0.25, 0.3) is 0 Å². The van der Waals surface area contributed by atoms with E-state index in [4.69, 9.17) is 10.5 Å². The van der Waals surface area contributed by atoms with Crippen molar-refractivity contribution in [2.24, 2.45) is 0 Å². The molecule has 1 atom stereocenters. The third kappa shape index (κ3) is 5.18. The number of pyridine rings is 2. The van der Waals surface area contributed by atoms with E-state index < -0.39 is 6.03 Å². The van der Waals surface area contributed by atoms with E-state index in [-0.39, 0.29) is 0 Å². The zero-order chi connectivity index (χ0) is 20.1. The fourth-order valence-electron chi connectivity index (χ4n) is 2.91. The van der Waals surface area contributed by atoms with Gasteiger partial charge < -0.3 is 15.8 Å². The summed E-state index contributed by atoms with van der Waals surface area (Å²) in [4.78, 5) is 25.0. The molecule has 1 saturated heterocycles. The number of nitrogens with zero attached hydrogens (tertiary/aromatic N) is 3. The van der Waals surface area contributed by atoms with Gasteiger partial charge in [0, 0.05) is 29.2 Å². The van der Waals surface area contributed by atoms with E-state index in [1.54, 1.807) is 35.8 Å². The van der Waals surface area contributed by atoms with Crippen molar-refractivity contribution in [2.75, 3.05) is 29.5 Å². The van der Waals surface area contributed by atoms with Crippen LogP contribution in [0.15, 0.2) is 41.9 Å². The van der Waals surface area contributed by atoms with Crippen molar-refractivity contribution in [1.29, 1.82) is 0 Å². The molecule has 0 unspecified atom stereocenters. The van der Waals surface area contributed by atoms with Crippen LogP contribution in [0.3, 0.4) is 0 Å². The Balaban J connectivity index is 1.32. The summed E-state index contributed by atoms with van der Waals surface area (Å²) in [6.07, 6.45) is 3.91. The van der Waals surface area contributed by atoms with Crippen LogP contribution in [0.25, 0.3) is 10.6 Å². The lowest BCUT2D eigenvalue weighted by atomic mass is 10.2. The van der Waals surface area contributed by atoms with Crippen molar-refractivity contribution < 1.29 is 9.53 Å². The van der Waals surface area contributed by atoms with Crippen molar-refractivity contribution in [2.45, 2.75) is 18.9 Å². The number of ether oxygens (including phenoxy) is 1. The molecule has 1 aliphatic rings. The molecule has 1 aliphatic heterocycles. The van der Waals surface area contributed by atoms with Gasteiger partial charge in [-0.05, 0) is 37.6 Å². The topological polar surface area (TPSA) is 127 Å². The highest BCUT2D eigenvalue weighted by Gasteiger charge is 2.15. The van der Waals surface area contributed by atoms with Gasteiger partial charge in [-0.1, -0.05) is 6.07 Å². The summed E-state index contributed by atoms with van der Waals surface area (Å²) in [7, 11) is 0. The van der Waals surface area contributed by atoms with Crippen molar-refractivity contribution in [3.8, 4) is 16.5 Å². The molecule has 3 aromatic heterocycles. The summed E-state index contributed by atoms with van der Waals surface area (Å²) in [6, 6.07) is 8.72. The summed E-state index contributed by atoms with van der Waals surface area (Å²) in [5, 5.41) is 11.3. The van der Waals surface area contributed by atoms with Gasteiger partial charge in [0.1, 0.15) is 29.1 Å². The number of nitrogens with two attached hydrogens (primary N) is 1. The number of amides is 2. The van der Waals surface area contributed by atoms with Crippen LogP contribution < -0.4 is 26.4 Å². The predicted molar refractivity (Wildman–Crippen MR) is 113 cm³/mol. The Labute approximate surface area is 171 Å². The molecule has 0 spiro atoms. The second-order valence-electron chi connectivity index (χ2n) is 6.55. The molecule has 0 aromatic carbocycles. The highest BCUT2D eigenvalue weighted by Crippen LogP contribution is 2.25. The Bertz CT molecular complexity index is 971. The third-order valence-corrected chi connectivity index (χ3v) is 5.23. The third-order valence-electron chi connectivity index (χ3n) is 4.34. The van der Waals surface area contributed by atoms with Crippen molar-refractivity contribution in [3.05, 3.63) is 41.9 Å². The Morgan fingerprint density at radius 1 is 1.24 bits per heavy atom. The molecular formula is C19H21N7O2S. The van der Waals surface area contributed by atoms with Gasteiger partial charge in [-0.3, -0.25) is 10.6 Å². The number of hydrogen-bond donors (Lipinski definition) is 4. The Morgan fingerprint density at radius 3 is 2.93 bits per heavy atom. The van der Waals surface area contributed by atoms with Gasteiger partial charge in [0.15, 0.2) is 0 Å². The average molecular weight is 411 g/mol. The summed E-state index contributed by atoms with van der Waals surface area (Å²) in [5.74, 6) is 1.76. The van der Waals surface area contributed by atoms with E-state index in [2.05, 4.69) is 30.9 Å². The molecule has 1 fully saturated rings. The van der Waals surface area contributed by atoms with Crippen LogP contribution in [0.5, 0.6) is 5.88 Å². The first-order valence-corrected chi connectivity index (χ1v) is 10.1. The molecule has 0 bridgehead atoms. The molecular weight excluding hydrogens is 390 g/mol. The first kappa shape index (κ1) is 19.1. The van der Waals surface area contributed by atoms with Crippen LogP contribution in [0.1, 0.15) is 12.8 Å². The monoisotopic (exact) mass is 411 g/mol. The van der Waals surface area contributed by atoms with Gasteiger partial charge in [0.05, 0.1) is 0 Å². The zero-order valence-corrected chi connectivity index (χ0v) is 16.4. The summed E-state index contributed by atoms with van der Waals surface area (Å²) in [6.45, 7) is 1.58. The molecule has 150 valence electrons. The molecule has 4 rings (SSSR count). The smallest absolute Gasteiger partial charge is 0.326 e. The van der Waals surface area contributed by atoms with Crippen molar-refractivity contribution in [1.82, 2.24) is 20.3 Å². The van der Waals surface area contributed by atoms with Crippen LogP contribution in [0, 0.1) is 0 Å². The fraction of sp³-hybridized carbons (Fsp3) is 0.263. The molecule has 2 amide bonds. The molecule has 9 nitrogen and oxygen atoms in total. The normalized spacial score (nSPS) is 15.8. The molecule has 10 heteroatoms. The number of rotatable bonds is 6. The summed E-state index contributed by atoms with van der Waals surface area (Å²) >= 11 is 1.40. The maximum atomic E-state index is 12.3. The van der Waals surface area contributed by atoms with Crippen LogP contribution in [-0.4, -0.2) is 40.2 Å². The zero-order valence-electron chi connectivity index (χ0n) is 15.6. The van der Waals surface area contributed by atoms with Gasteiger partial charge in [-0.25, -0.2) is 14.8 Å². The Kier molecular flexibility index (Phi) is 5.82. The largest absolute Gasteiger partial charge is 0.476 e. The lowest BCUT2D eigenvalue weighted by Crippen LogP contribution is -2.28. The number of carbonyl (C=O) groups excluding carboxylic acids is 1. The quantitative estimate of drug-likeness (QED) is 0.491. The number of thiazole rings is 1. The van der Waals surface area contributed by atoms with E-state index in [0.717, 1.165) is 30.0 Å². The molecule has 3 aromatic rings. The van der Waals surface area contributed by atoms with E-state index in [1.165, 1.54) is 11.3 Å². The standard InChI is InChI=1S/C19H21N7O2S/c20-14-7-6-12(9-22-14)18-24-16(11-29-18)26-19(27)25-15-4-1-5-17(23-15)28-10-13-3-2-8-21-13/h1,4-7,9,11,13,21H,2-3,8,10H2,(H2,20,22)(H2,23,25,26,27)/t13-/m1/s1. The molecule has 0 saturated carbocycles. The number of hydrogen-bond acceptors (Lipinski definition) is 8. The van der Waals surface area contributed by atoms with Crippen molar-refractivity contribution in [3.63, 3.8) is 0 Å². The highest BCUT2D eigenvalue weighted by molar-refractivity contribution is 7.13. The average Bonchev–Trinajstić information content (AvgIpc) is 3.39. The van der Waals surface area contributed by atoms with Gasteiger partial charge >= 0.3 is 6.03 Å². The molecule has 4 heterocycles. The van der Waals surface area contributed by atoms with E-state index in [0.29, 0.717) is 36.0 Å². The van der Waals surface area contributed by atoms with Gasteiger partial charge in [0.2, 0.25) is 5.88 Å². The Hall–Kier alpha value is -3.24. The second kappa shape index (κ2) is 8.84. The number of carbonyl (C=O) groups is 1. The molecule has 0 radical (unpaired) electrons. The minimum absolute atomic E-state index is 0.354. The van der Waals surface area contributed by atoms with Crippen LogP contribution in [0.4, 0.5) is 22.2 Å². The van der Waals surface area contributed by atoms with Crippen LogP contribution in [-0.2, 0) is 0 Å². The van der Waals surface area contributed by atoms with E-state index >= 15 is 0 Å².